The lowest BCUT2D eigenvalue weighted by molar-refractivity contribution is -0.137. The second-order valence-electron chi connectivity index (χ2n) is 18.0. The second kappa shape index (κ2) is 20.1. The molecule has 0 unspecified atom stereocenters. The number of hydrogen-bond donors (Lipinski definition) is 0. The van der Waals surface area contributed by atoms with Crippen LogP contribution in [0.15, 0.2) is 65.6 Å². The Morgan fingerprint density at radius 1 is 0.868 bits per heavy atom. The number of carbonyl (C=O) groups excluding carboxylic acids is 1. The number of pyridine rings is 1. The fourth-order valence-electron chi connectivity index (χ4n) is 8.48. The van der Waals surface area contributed by atoms with Crippen LogP contribution < -0.4 is 24.0 Å². The van der Waals surface area contributed by atoms with Crippen molar-refractivity contribution < 1.29 is 54.5 Å². The molecule has 2 aromatic heterocycles. The van der Waals surface area contributed by atoms with Gasteiger partial charge < -0.3 is 38.5 Å². The van der Waals surface area contributed by atoms with Crippen molar-refractivity contribution in [3.63, 3.8) is 0 Å². The molecule has 68 heavy (non-hydrogen) atoms. The van der Waals surface area contributed by atoms with E-state index in [1.165, 1.54) is 25.2 Å². The molecule has 366 valence electrons. The molecule has 2 aliphatic heterocycles. The molecule has 3 aromatic carbocycles. The quantitative estimate of drug-likeness (QED) is 0.0828. The summed E-state index contributed by atoms with van der Waals surface area (Å²) in [5.74, 6) is -0.440. The predicted molar refractivity (Wildman–Crippen MR) is 246 cm³/mol. The molecule has 12 nitrogen and oxygen atoms in total. The van der Waals surface area contributed by atoms with E-state index in [4.69, 9.17) is 18.9 Å². The third kappa shape index (κ3) is 11.7. The number of nitrogens with zero attached hydrogens (tertiary/aromatic N) is 7. The molecule has 2 aliphatic rings. The molecule has 5 aromatic rings. The highest BCUT2D eigenvalue weighted by Crippen LogP contribution is 2.49. The van der Waals surface area contributed by atoms with Crippen LogP contribution in [0.25, 0.3) is 22.2 Å². The van der Waals surface area contributed by atoms with Crippen LogP contribution in [0.4, 0.5) is 47.2 Å². The van der Waals surface area contributed by atoms with Gasteiger partial charge in [-0.05, 0) is 126 Å². The Bertz CT molecular complexity index is 2550. The van der Waals surface area contributed by atoms with E-state index in [0.717, 1.165) is 32.4 Å². The van der Waals surface area contributed by atoms with Gasteiger partial charge in [0, 0.05) is 55.1 Å². The lowest BCUT2D eigenvalue weighted by Gasteiger charge is -2.41. The number of halogens is 7. The number of aryl methyl sites for hydroxylation is 1. The molecule has 0 aliphatic carbocycles. The minimum absolute atomic E-state index is 0.0188. The number of likely N-dealkylation sites (tertiary alicyclic amines) is 1. The fraction of sp³-hybridized carbons (Fsp3) is 0.458. The summed E-state index contributed by atoms with van der Waals surface area (Å²) in [6.45, 7) is 9.43. The number of carbonyl (C=O) groups is 1. The molecule has 0 bridgehead atoms. The van der Waals surface area contributed by atoms with Gasteiger partial charge in [-0.2, -0.15) is 36.3 Å². The number of fused-ring (bicyclic) bond motifs is 1. The normalized spacial score (nSPS) is 17.2. The lowest BCUT2D eigenvalue weighted by Crippen LogP contribution is -2.55. The molecule has 2 atom stereocenters. The minimum atomic E-state index is -5.20. The van der Waals surface area contributed by atoms with Gasteiger partial charge in [-0.15, -0.1) is 0 Å². The standard InChI is InChI=1S/C48H54F7N7O5S/c1-28-22-37(61(25-30-11-15-33(64-7)16-12-30)26-31-13-17-34(65-8)18-14-31)56-42(39(28)47(50,51)52)38-36(68-48(53,54)55)23-35-41(40(38)49)57-44(66-27-32-10-9-19-59(32)6)58-43(35)62-21-20-60(24-29(62)2)45(63)67-46(3,4)5/h11-18,22-23,29,32H,9-10,19-21,24-27H2,1-8H3/t29-,32-/m0/s1. The first-order chi connectivity index (χ1) is 32.0. The maximum atomic E-state index is 17.9. The predicted octanol–water partition coefficient (Wildman–Crippen LogP) is 10.9. The maximum Gasteiger partial charge on any atom is 0.446 e. The van der Waals surface area contributed by atoms with Gasteiger partial charge in [0.1, 0.15) is 40.9 Å². The van der Waals surface area contributed by atoms with Crippen molar-refractivity contribution in [3.8, 4) is 28.8 Å². The van der Waals surface area contributed by atoms with Crippen LogP contribution in [-0.2, 0) is 24.0 Å². The molecule has 0 spiro atoms. The largest absolute Gasteiger partial charge is 0.497 e. The Balaban J connectivity index is 1.43. The van der Waals surface area contributed by atoms with Crippen molar-refractivity contribution in [1.29, 1.82) is 0 Å². The van der Waals surface area contributed by atoms with E-state index in [1.54, 1.807) is 86.0 Å². The van der Waals surface area contributed by atoms with Gasteiger partial charge in [-0.3, -0.25) is 0 Å². The summed E-state index contributed by atoms with van der Waals surface area (Å²) in [6.07, 6.45) is -4.09. The molecule has 7 rings (SSSR count). The Hall–Kier alpha value is -5.76. The third-order valence-electron chi connectivity index (χ3n) is 11.8. The van der Waals surface area contributed by atoms with Crippen molar-refractivity contribution in [2.75, 3.05) is 63.9 Å². The molecule has 0 N–H and O–H groups in total. The monoisotopic (exact) mass is 973 g/mol. The van der Waals surface area contributed by atoms with Crippen molar-refractivity contribution in [2.45, 2.75) is 94.8 Å². The van der Waals surface area contributed by atoms with Crippen LogP contribution >= 0.6 is 11.8 Å². The summed E-state index contributed by atoms with van der Waals surface area (Å²) < 4.78 is 131. The van der Waals surface area contributed by atoms with Crippen molar-refractivity contribution in [3.05, 3.63) is 88.7 Å². The second-order valence-corrected chi connectivity index (χ2v) is 19.1. The molecule has 4 heterocycles. The van der Waals surface area contributed by atoms with Crippen molar-refractivity contribution >= 4 is 40.4 Å². The summed E-state index contributed by atoms with van der Waals surface area (Å²) in [5.41, 5.74) is -8.97. The average molecular weight is 974 g/mol. The summed E-state index contributed by atoms with van der Waals surface area (Å²) in [5, 5.41) is -0.206. The molecule has 0 saturated carbocycles. The van der Waals surface area contributed by atoms with E-state index < -0.39 is 79.8 Å². The van der Waals surface area contributed by atoms with Crippen LogP contribution in [0, 0.1) is 12.7 Å². The number of hydrogen-bond acceptors (Lipinski definition) is 12. The van der Waals surface area contributed by atoms with E-state index in [2.05, 4.69) is 19.9 Å². The minimum Gasteiger partial charge on any atom is -0.497 e. The highest BCUT2D eigenvalue weighted by atomic mass is 32.2. The van der Waals surface area contributed by atoms with E-state index in [1.807, 2.05) is 7.05 Å². The third-order valence-corrected chi connectivity index (χ3v) is 12.6. The van der Waals surface area contributed by atoms with Crippen LogP contribution in [-0.4, -0.2) is 108 Å². The summed E-state index contributed by atoms with van der Waals surface area (Å²) >= 11 is -0.765. The van der Waals surface area contributed by atoms with Gasteiger partial charge in [0.2, 0.25) is 0 Å². The zero-order valence-electron chi connectivity index (χ0n) is 39.0. The Morgan fingerprint density at radius 2 is 1.49 bits per heavy atom. The molecule has 2 saturated heterocycles. The zero-order chi connectivity index (χ0) is 49.3. The number of thioether (sulfide) groups is 1. The first-order valence-electron chi connectivity index (χ1n) is 22.0. The van der Waals surface area contributed by atoms with Crippen LogP contribution in [0.3, 0.4) is 0 Å². The number of rotatable bonds is 13. The van der Waals surface area contributed by atoms with Gasteiger partial charge in [0.25, 0.3) is 0 Å². The number of aromatic nitrogens is 3. The van der Waals surface area contributed by atoms with Crippen LogP contribution in [0.5, 0.6) is 17.5 Å². The van der Waals surface area contributed by atoms with Gasteiger partial charge in [0.05, 0.1) is 31.0 Å². The topological polar surface area (TPSA) is 106 Å². The SMILES string of the molecule is COc1ccc(CN(Cc2ccc(OC)cc2)c2cc(C)c(C(F)(F)F)c(-c3c(SC(F)(F)F)cc4c(N5CCN(C(=O)OC(C)(C)C)C[C@@H]5C)nc(OC[C@@H]5CCCN5C)nc4c3F)n2)cc1. The van der Waals surface area contributed by atoms with Gasteiger partial charge in [-0.1, -0.05) is 24.3 Å². The summed E-state index contributed by atoms with van der Waals surface area (Å²) in [7, 11) is 4.93. The van der Waals surface area contributed by atoms with Crippen LogP contribution in [0.1, 0.15) is 62.8 Å². The lowest BCUT2D eigenvalue weighted by atomic mass is 9.98. The summed E-state index contributed by atoms with van der Waals surface area (Å²) in [6, 6.07) is 15.1. The molecule has 2 fully saturated rings. The molecule has 1 amide bonds. The number of methoxy groups -OCH3 is 2. The molecular formula is C48H54F7N7O5S. The highest BCUT2D eigenvalue weighted by molar-refractivity contribution is 8.00. The van der Waals surface area contributed by atoms with E-state index in [-0.39, 0.29) is 68.4 Å². The number of amides is 1. The highest BCUT2D eigenvalue weighted by Gasteiger charge is 2.42. The Morgan fingerprint density at radius 3 is 2.00 bits per heavy atom. The number of anilines is 2. The Kier molecular flexibility index (Phi) is 14.8. The number of benzene rings is 3. The first kappa shape index (κ1) is 50.1. The smallest absolute Gasteiger partial charge is 0.446 e. The molecule has 20 heteroatoms. The molecule has 0 radical (unpaired) electrons. The number of piperazine rings is 1. The van der Waals surface area contributed by atoms with E-state index in [9.17, 15) is 18.0 Å². The van der Waals surface area contributed by atoms with Crippen LogP contribution in [0.2, 0.25) is 0 Å². The Labute approximate surface area is 394 Å². The number of alkyl halides is 6. The first-order valence-corrected chi connectivity index (χ1v) is 22.8. The zero-order valence-corrected chi connectivity index (χ0v) is 39.8. The van der Waals surface area contributed by atoms with Crippen molar-refractivity contribution in [1.82, 2.24) is 24.8 Å². The van der Waals surface area contributed by atoms with Gasteiger partial charge in [-0.25, -0.2) is 14.2 Å². The van der Waals surface area contributed by atoms with E-state index >= 15 is 17.6 Å². The number of ether oxygens (including phenoxy) is 4. The number of likely N-dealkylation sites (N-methyl/N-ethyl adjacent to an activating group) is 1. The van der Waals surface area contributed by atoms with Gasteiger partial charge in [0.15, 0.2) is 5.82 Å². The van der Waals surface area contributed by atoms with Crippen molar-refractivity contribution in [2.24, 2.45) is 0 Å². The average Bonchev–Trinajstić information content (AvgIpc) is 3.68. The maximum absolute atomic E-state index is 17.9. The summed E-state index contributed by atoms with van der Waals surface area (Å²) in [4.78, 5) is 32.6. The van der Waals surface area contributed by atoms with Gasteiger partial charge >= 0.3 is 23.8 Å². The molecular weight excluding hydrogens is 920 g/mol. The fourth-order valence-corrected chi connectivity index (χ4v) is 9.19. The van der Waals surface area contributed by atoms with E-state index in [0.29, 0.717) is 22.6 Å².